The number of hydrogen-bond acceptors (Lipinski definition) is 4. The van der Waals surface area contributed by atoms with Gasteiger partial charge in [-0.05, 0) is 32.0 Å². The number of rotatable bonds is 3. The molecule has 5 nitrogen and oxygen atoms in total. The Morgan fingerprint density at radius 3 is 2.35 bits per heavy atom. The van der Waals surface area contributed by atoms with Gasteiger partial charge in [-0.15, -0.1) is 0 Å². The summed E-state index contributed by atoms with van der Waals surface area (Å²) >= 11 is 0. The van der Waals surface area contributed by atoms with Crippen molar-refractivity contribution >= 4 is 27.1 Å². The lowest BCUT2D eigenvalue weighted by Crippen LogP contribution is -2.15. The molecule has 0 aliphatic carbocycles. The Bertz CT molecular complexity index is 536. The van der Waals surface area contributed by atoms with Gasteiger partial charge in [-0.25, -0.2) is 8.42 Å². The molecule has 94 valence electrons. The van der Waals surface area contributed by atoms with Crippen molar-refractivity contribution in [2.45, 2.75) is 30.9 Å². The molecule has 0 atom stereocenters. The Kier molecular flexibility index (Phi) is 3.77. The molecule has 0 saturated heterocycles. The summed E-state index contributed by atoms with van der Waals surface area (Å²) in [5, 5.41) is 2.02. The molecular weight excluding hydrogens is 240 g/mol. The van der Waals surface area contributed by atoms with Crippen molar-refractivity contribution in [2.24, 2.45) is 0 Å². The first kappa shape index (κ1) is 13.5. The molecule has 0 radical (unpaired) electrons. The van der Waals surface area contributed by atoms with Crippen LogP contribution < -0.4 is 11.1 Å². The Morgan fingerprint density at radius 2 is 1.94 bits per heavy atom. The maximum Gasteiger partial charge on any atom is 0.221 e. The van der Waals surface area contributed by atoms with Crippen molar-refractivity contribution in [1.29, 1.82) is 0 Å². The van der Waals surface area contributed by atoms with Crippen LogP contribution in [0.1, 0.15) is 20.8 Å². The average Bonchev–Trinajstić information content (AvgIpc) is 2.20. The Labute approximate surface area is 101 Å². The lowest BCUT2D eigenvalue weighted by atomic mass is 10.2. The third-order valence-electron chi connectivity index (χ3n) is 2.28. The van der Waals surface area contributed by atoms with Gasteiger partial charge in [0.1, 0.15) is 0 Å². The highest BCUT2D eigenvalue weighted by molar-refractivity contribution is 7.92. The van der Waals surface area contributed by atoms with Crippen molar-refractivity contribution in [3.63, 3.8) is 0 Å². The summed E-state index contributed by atoms with van der Waals surface area (Å²) in [6.45, 7) is 4.57. The summed E-state index contributed by atoms with van der Waals surface area (Å²) in [4.78, 5) is 11.0. The number of nitrogen functional groups attached to an aromatic ring is 1. The van der Waals surface area contributed by atoms with Crippen LogP contribution in [0.3, 0.4) is 0 Å². The predicted molar refractivity (Wildman–Crippen MR) is 67.5 cm³/mol. The molecule has 6 heteroatoms. The molecule has 0 heterocycles. The second kappa shape index (κ2) is 4.75. The second-order valence-corrected chi connectivity index (χ2v) is 6.53. The van der Waals surface area contributed by atoms with E-state index < -0.39 is 15.1 Å². The largest absolute Gasteiger partial charge is 0.397 e. The van der Waals surface area contributed by atoms with E-state index in [0.717, 1.165) is 0 Å². The molecule has 1 aromatic rings. The monoisotopic (exact) mass is 256 g/mol. The van der Waals surface area contributed by atoms with Gasteiger partial charge in [-0.3, -0.25) is 4.79 Å². The number of anilines is 2. The lowest BCUT2D eigenvalue weighted by molar-refractivity contribution is -0.114. The zero-order valence-electron chi connectivity index (χ0n) is 10.0. The number of nitrogens with one attached hydrogen (secondary N) is 1. The molecule has 0 unspecified atom stereocenters. The van der Waals surface area contributed by atoms with Gasteiger partial charge in [0.25, 0.3) is 0 Å². The second-order valence-electron chi connectivity index (χ2n) is 4.02. The van der Waals surface area contributed by atoms with E-state index in [1.807, 2.05) is 0 Å². The van der Waals surface area contributed by atoms with E-state index in [0.29, 0.717) is 5.69 Å². The molecular formula is C11H16N2O3S. The lowest BCUT2D eigenvalue weighted by Gasteiger charge is -2.11. The zero-order chi connectivity index (χ0) is 13.2. The predicted octanol–water partition coefficient (Wildman–Crippen LogP) is 1.41. The molecule has 0 saturated carbocycles. The topological polar surface area (TPSA) is 89.3 Å². The molecule has 17 heavy (non-hydrogen) atoms. The molecule has 0 aliphatic rings. The third-order valence-corrected chi connectivity index (χ3v) is 4.44. The van der Waals surface area contributed by atoms with Gasteiger partial charge >= 0.3 is 0 Å². The first-order valence-corrected chi connectivity index (χ1v) is 6.71. The molecule has 0 aliphatic heterocycles. The van der Waals surface area contributed by atoms with Crippen molar-refractivity contribution in [3.05, 3.63) is 18.2 Å². The molecule has 1 rings (SSSR count). The molecule has 0 spiro atoms. The Morgan fingerprint density at radius 1 is 1.35 bits per heavy atom. The van der Waals surface area contributed by atoms with E-state index in [1.165, 1.54) is 25.1 Å². The minimum absolute atomic E-state index is 0.166. The average molecular weight is 256 g/mol. The molecule has 1 amide bonds. The van der Waals surface area contributed by atoms with E-state index in [9.17, 15) is 13.2 Å². The zero-order valence-corrected chi connectivity index (χ0v) is 10.8. The van der Waals surface area contributed by atoms with Gasteiger partial charge in [0.2, 0.25) is 5.91 Å². The van der Waals surface area contributed by atoms with E-state index in [1.54, 1.807) is 13.8 Å². The van der Waals surface area contributed by atoms with Crippen LogP contribution in [0.5, 0.6) is 0 Å². The van der Waals surface area contributed by atoms with Crippen LogP contribution in [0.25, 0.3) is 0 Å². The van der Waals surface area contributed by atoms with Crippen LogP contribution in [0.2, 0.25) is 0 Å². The highest BCUT2D eigenvalue weighted by atomic mass is 32.2. The van der Waals surface area contributed by atoms with Crippen molar-refractivity contribution in [2.75, 3.05) is 11.1 Å². The van der Waals surface area contributed by atoms with E-state index >= 15 is 0 Å². The number of amides is 1. The first-order chi connectivity index (χ1) is 7.75. The van der Waals surface area contributed by atoms with Crippen LogP contribution in [0.15, 0.2) is 23.1 Å². The Hall–Kier alpha value is -1.56. The number of sulfone groups is 1. The number of nitrogens with two attached hydrogens (primary N) is 1. The van der Waals surface area contributed by atoms with Gasteiger partial charge in [0, 0.05) is 6.92 Å². The van der Waals surface area contributed by atoms with Crippen LogP contribution in [0.4, 0.5) is 11.4 Å². The van der Waals surface area contributed by atoms with Gasteiger partial charge < -0.3 is 11.1 Å². The highest BCUT2D eigenvalue weighted by Gasteiger charge is 2.19. The van der Waals surface area contributed by atoms with Gasteiger partial charge in [0.05, 0.1) is 21.5 Å². The fraction of sp³-hybridized carbons (Fsp3) is 0.364. The minimum Gasteiger partial charge on any atom is -0.397 e. The quantitative estimate of drug-likeness (QED) is 0.800. The van der Waals surface area contributed by atoms with Crippen molar-refractivity contribution in [1.82, 2.24) is 0 Å². The maximum absolute atomic E-state index is 11.9. The van der Waals surface area contributed by atoms with E-state index in [2.05, 4.69) is 5.32 Å². The number of hydrogen-bond donors (Lipinski definition) is 2. The van der Waals surface area contributed by atoms with Crippen molar-refractivity contribution in [3.8, 4) is 0 Å². The normalized spacial score (nSPS) is 11.5. The van der Waals surface area contributed by atoms with E-state index in [-0.39, 0.29) is 16.5 Å². The summed E-state index contributed by atoms with van der Waals surface area (Å²) in [5.74, 6) is -0.254. The third kappa shape index (κ3) is 2.97. The highest BCUT2D eigenvalue weighted by Crippen LogP contribution is 2.24. The number of carbonyl (C=O) groups excluding carboxylic acids is 1. The van der Waals surface area contributed by atoms with Gasteiger partial charge in [-0.2, -0.15) is 0 Å². The van der Waals surface area contributed by atoms with Crippen LogP contribution in [0, 0.1) is 0 Å². The summed E-state index contributed by atoms with van der Waals surface area (Å²) in [6, 6.07) is 4.30. The van der Waals surface area contributed by atoms with Gasteiger partial charge in [0.15, 0.2) is 9.84 Å². The molecule has 3 N–H and O–H groups in total. The Balaban J connectivity index is 3.18. The SMILES string of the molecule is CC(=O)Nc1ccc(S(=O)(=O)C(C)C)cc1N. The van der Waals surface area contributed by atoms with Gasteiger partial charge in [-0.1, -0.05) is 0 Å². The van der Waals surface area contributed by atoms with Crippen LogP contribution in [-0.4, -0.2) is 19.6 Å². The molecule has 1 aromatic carbocycles. The minimum atomic E-state index is -3.34. The van der Waals surface area contributed by atoms with Crippen LogP contribution in [-0.2, 0) is 14.6 Å². The van der Waals surface area contributed by atoms with Crippen molar-refractivity contribution < 1.29 is 13.2 Å². The molecule has 0 aromatic heterocycles. The summed E-state index contributed by atoms with van der Waals surface area (Å²) in [6.07, 6.45) is 0. The fourth-order valence-corrected chi connectivity index (χ4v) is 2.39. The fourth-order valence-electron chi connectivity index (χ4n) is 1.29. The van der Waals surface area contributed by atoms with Crippen LogP contribution >= 0.6 is 0 Å². The van der Waals surface area contributed by atoms with E-state index in [4.69, 9.17) is 5.73 Å². The first-order valence-electron chi connectivity index (χ1n) is 5.16. The number of carbonyl (C=O) groups is 1. The number of benzene rings is 1. The summed E-state index contributed by atoms with van der Waals surface area (Å²) < 4.78 is 23.7. The standard InChI is InChI=1S/C11H16N2O3S/c1-7(2)17(15,16)9-4-5-11(10(12)6-9)13-8(3)14/h4-7H,12H2,1-3H3,(H,13,14). The maximum atomic E-state index is 11.9. The molecule has 0 fully saturated rings. The summed E-state index contributed by atoms with van der Waals surface area (Å²) in [5.41, 5.74) is 6.34. The molecule has 0 bridgehead atoms. The summed E-state index contributed by atoms with van der Waals surface area (Å²) in [7, 11) is -3.34. The smallest absolute Gasteiger partial charge is 0.221 e.